The smallest absolute Gasteiger partial charge is 0.298 e. The molecule has 0 bridgehead atoms. The van der Waals surface area contributed by atoms with Crippen LogP contribution < -0.4 is 9.80 Å². The van der Waals surface area contributed by atoms with Crippen LogP contribution in [-0.4, -0.2) is 24.2 Å². The predicted molar refractivity (Wildman–Crippen MR) is 112 cm³/mol. The third kappa shape index (κ3) is 3.80. The molecule has 4 rings (SSSR count). The van der Waals surface area contributed by atoms with Gasteiger partial charge in [0.2, 0.25) is 0 Å². The van der Waals surface area contributed by atoms with E-state index in [1.807, 2.05) is 0 Å². The van der Waals surface area contributed by atoms with Gasteiger partial charge < -0.3 is 4.90 Å². The van der Waals surface area contributed by atoms with Crippen LogP contribution in [0.1, 0.15) is 24.8 Å². The third-order valence-corrected chi connectivity index (χ3v) is 5.93. The van der Waals surface area contributed by atoms with Gasteiger partial charge >= 0.3 is 0 Å². The van der Waals surface area contributed by atoms with E-state index >= 15 is 0 Å². The molecule has 2 aliphatic heterocycles. The lowest BCUT2D eigenvalue weighted by molar-refractivity contribution is -0.113. The Kier molecular flexibility index (Phi) is 5.42. The van der Waals surface area contributed by atoms with Crippen LogP contribution in [0.5, 0.6) is 0 Å². The van der Waals surface area contributed by atoms with E-state index in [-0.39, 0.29) is 10.7 Å². The van der Waals surface area contributed by atoms with Gasteiger partial charge in [-0.05, 0) is 73.0 Å². The Hall–Kier alpha value is -2.31. The number of rotatable bonds is 3. The number of carbonyl (C=O) groups is 2. The van der Waals surface area contributed by atoms with Gasteiger partial charge in [0.1, 0.15) is 5.82 Å². The third-order valence-electron chi connectivity index (χ3n) is 4.83. The largest absolute Gasteiger partial charge is 0.369 e. The molecule has 0 atom stereocenters. The lowest BCUT2D eigenvalue weighted by Crippen LogP contribution is -2.30. The number of anilines is 2. The number of benzene rings is 2. The van der Waals surface area contributed by atoms with Gasteiger partial charge in [0.25, 0.3) is 11.1 Å². The van der Waals surface area contributed by atoms with Gasteiger partial charge in [-0.1, -0.05) is 23.7 Å². The van der Waals surface area contributed by atoms with Gasteiger partial charge in [0.05, 0.1) is 16.3 Å². The molecule has 2 fully saturated rings. The van der Waals surface area contributed by atoms with Crippen LogP contribution in [0.4, 0.5) is 20.6 Å². The fraction of sp³-hybridized carbons (Fsp3) is 0.238. The average molecular weight is 417 g/mol. The molecule has 0 saturated carbocycles. The number of carbonyl (C=O) groups excluding carboxylic acids is 2. The maximum atomic E-state index is 14.6. The minimum absolute atomic E-state index is 0.259. The first kappa shape index (κ1) is 19.0. The Morgan fingerprint density at radius 3 is 2.54 bits per heavy atom. The second-order valence-electron chi connectivity index (χ2n) is 6.76. The monoisotopic (exact) mass is 416 g/mol. The molecule has 2 saturated heterocycles. The van der Waals surface area contributed by atoms with Crippen molar-refractivity contribution < 1.29 is 14.0 Å². The molecule has 2 amide bonds. The molecule has 28 heavy (non-hydrogen) atoms. The lowest BCUT2D eigenvalue weighted by Gasteiger charge is -2.29. The Morgan fingerprint density at radius 2 is 1.82 bits per heavy atom. The Bertz CT molecular complexity index is 973. The number of piperidine rings is 1. The van der Waals surface area contributed by atoms with E-state index in [1.54, 1.807) is 42.5 Å². The van der Waals surface area contributed by atoms with Crippen molar-refractivity contribution in [1.82, 2.24) is 0 Å². The minimum atomic E-state index is -0.433. The molecule has 0 aromatic heterocycles. The van der Waals surface area contributed by atoms with Crippen LogP contribution in [-0.2, 0) is 4.79 Å². The second kappa shape index (κ2) is 7.97. The van der Waals surface area contributed by atoms with Gasteiger partial charge in [0.15, 0.2) is 0 Å². The molecule has 2 aromatic rings. The normalized spacial score (nSPS) is 19.0. The molecule has 0 unspecified atom stereocenters. The molecule has 2 aliphatic rings. The van der Waals surface area contributed by atoms with Crippen molar-refractivity contribution in [2.45, 2.75) is 19.3 Å². The van der Waals surface area contributed by atoms with Crippen LogP contribution in [0, 0.1) is 5.82 Å². The highest BCUT2D eigenvalue weighted by atomic mass is 35.5. The molecule has 144 valence electrons. The first-order valence-corrected chi connectivity index (χ1v) is 10.3. The first-order chi connectivity index (χ1) is 13.5. The number of hydrogen-bond acceptors (Lipinski definition) is 4. The standard InChI is InChI=1S/C21H18ClFN2O2S/c22-15-5-4-6-16(13-15)25-20(26)19(28-21(25)27)12-14-7-8-18(17(23)11-14)24-9-2-1-3-10-24/h4-8,11-13H,1-3,9-10H2/b19-12+. The summed E-state index contributed by atoms with van der Waals surface area (Å²) >= 11 is 6.80. The van der Waals surface area contributed by atoms with E-state index < -0.39 is 11.1 Å². The summed E-state index contributed by atoms with van der Waals surface area (Å²) in [4.78, 5) is 28.4. The number of hydrogen-bond donors (Lipinski definition) is 0. The number of imide groups is 1. The zero-order valence-electron chi connectivity index (χ0n) is 15.0. The van der Waals surface area contributed by atoms with E-state index in [1.165, 1.54) is 12.5 Å². The molecule has 0 spiro atoms. The zero-order chi connectivity index (χ0) is 19.7. The number of amides is 2. The van der Waals surface area contributed by atoms with Gasteiger partial charge in [-0.2, -0.15) is 0 Å². The fourth-order valence-corrected chi connectivity index (χ4v) is 4.49. The Morgan fingerprint density at radius 1 is 1.04 bits per heavy atom. The summed E-state index contributed by atoms with van der Waals surface area (Å²) in [5.74, 6) is -0.748. The summed E-state index contributed by atoms with van der Waals surface area (Å²) in [6, 6.07) is 11.5. The topological polar surface area (TPSA) is 40.6 Å². The number of halogens is 2. The van der Waals surface area contributed by atoms with E-state index in [2.05, 4.69) is 4.90 Å². The molecular formula is C21H18ClFN2O2S. The molecule has 4 nitrogen and oxygen atoms in total. The SMILES string of the molecule is O=C1S/C(=C/c2ccc(N3CCCCC3)c(F)c2)C(=O)N1c1cccc(Cl)c1. The summed E-state index contributed by atoms with van der Waals surface area (Å²) < 4.78 is 14.6. The second-order valence-corrected chi connectivity index (χ2v) is 8.19. The molecule has 0 N–H and O–H groups in total. The van der Waals surface area contributed by atoms with Crippen molar-refractivity contribution in [1.29, 1.82) is 0 Å². The first-order valence-electron chi connectivity index (χ1n) is 9.11. The maximum absolute atomic E-state index is 14.6. The molecule has 2 aromatic carbocycles. The molecule has 0 aliphatic carbocycles. The molecule has 0 radical (unpaired) electrons. The lowest BCUT2D eigenvalue weighted by atomic mass is 10.1. The van der Waals surface area contributed by atoms with E-state index in [0.717, 1.165) is 42.6 Å². The van der Waals surface area contributed by atoms with Crippen LogP contribution in [0.15, 0.2) is 47.4 Å². The molecule has 2 heterocycles. The zero-order valence-corrected chi connectivity index (χ0v) is 16.6. The summed E-state index contributed by atoms with van der Waals surface area (Å²) in [6.45, 7) is 1.71. The van der Waals surface area contributed by atoms with Crippen molar-refractivity contribution in [3.63, 3.8) is 0 Å². The van der Waals surface area contributed by atoms with Gasteiger partial charge in [-0.25, -0.2) is 9.29 Å². The summed E-state index contributed by atoms with van der Waals surface area (Å²) in [7, 11) is 0. The molecular weight excluding hydrogens is 399 g/mol. The van der Waals surface area contributed by atoms with Crippen LogP contribution in [0.2, 0.25) is 5.02 Å². The maximum Gasteiger partial charge on any atom is 0.298 e. The predicted octanol–water partition coefficient (Wildman–Crippen LogP) is 5.71. The fourth-order valence-electron chi connectivity index (χ4n) is 3.46. The summed E-state index contributed by atoms with van der Waals surface area (Å²) in [5.41, 5.74) is 1.56. The Balaban J connectivity index is 1.58. The van der Waals surface area contributed by atoms with Crippen molar-refractivity contribution in [2.24, 2.45) is 0 Å². The van der Waals surface area contributed by atoms with Gasteiger partial charge in [0, 0.05) is 18.1 Å². The van der Waals surface area contributed by atoms with E-state index in [4.69, 9.17) is 11.6 Å². The van der Waals surface area contributed by atoms with Crippen molar-refractivity contribution in [3.05, 3.63) is 63.8 Å². The highest BCUT2D eigenvalue weighted by molar-refractivity contribution is 8.19. The van der Waals surface area contributed by atoms with Gasteiger partial charge in [-0.15, -0.1) is 0 Å². The highest BCUT2D eigenvalue weighted by Gasteiger charge is 2.36. The van der Waals surface area contributed by atoms with E-state index in [0.29, 0.717) is 22.0 Å². The average Bonchev–Trinajstić information content (AvgIpc) is 2.96. The van der Waals surface area contributed by atoms with E-state index in [9.17, 15) is 14.0 Å². The van der Waals surface area contributed by atoms with Crippen LogP contribution >= 0.6 is 23.4 Å². The highest BCUT2D eigenvalue weighted by Crippen LogP contribution is 2.36. The number of nitrogens with zero attached hydrogens (tertiary/aromatic N) is 2. The van der Waals surface area contributed by atoms with Crippen LogP contribution in [0.3, 0.4) is 0 Å². The quantitative estimate of drug-likeness (QED) is 0.601. The van der Waals surface area contributed by atoms with Gasteiger partial charge in [-0.3, -0.25) is 9.59 Å². The summed E-state index contributed by atoms with van der Waals surface area (Å²) in [6.07, 6.45) is 4.87. The van der Waals surface area contributed by atoms with Crippen LogP contribution in [0.25, 0.3) is 6.08 Å². The van der Waals surface area contributed by atoms with Crippen molar-refractivity contribution in [2.75, 3.05) is 22.9 Å². The Labute approximate surface area is 172 Å². The van der Waals surface area contributed by atoms with Crippen molar-refractivity contribution in [3.8, 4) is 0 Å². The number of thioether (sulfide) groups is 1. The molecule has 7 heteroatoms. The summed E-state index contributed by atoms with van der Waals surface area (Å²) in [5, 5.41) is 0.0415. The minimum Gasteiger partial charge on any atom is -0.369 e. The van der Waals surface area contributed by atoms with Crippen molar-refractivity contribution >= 4 is 52.0 Å².